The van der Waals surface area contributed by atoms with E-state index in [0.29, 0.717) is 6.54 Å². The topological polar surface area (TPSA) is 86.7 Å². The Hall–Kier alpha value is -1.59. The number of nitrogens with zero attached hydrogens (tertiary/aromatic N) is 1. The molecule has 0 aromatic carbocycles. The van der Waals surface area contributed by atoms with Crippen molar-refractivity contribution in [1.82, 2.24) is 10.2 Å². The van der Waals surface area contributed by atoms with Crippen LogP contribution in [0.4, 0.5) is 0 Å². The number of hydrogen-bond acceptors (Lipinski definition) is 3. The van der Waals surface area contributed by atoms with Crippen LogP contribution in [0, 0.1) is 5.41 Å². The maximum absolute atomic E-state index is 11.9. The first-order valence-electron chi connectivity index (χ1n) is 7.11. The molecular formula is C14H24N2O4. The van der Waals surface area contributed by atoms with E-state index >= 15 is 0 Å². The average molecular weight is 284 g/mol. The first kappa shape index (κ1) is 16.5. The molecule has 0 unspecified atom stereocenters. The first-order valence-corrected chi connectivity index (χ1v) is 7.11. The zero-order chi connectivity index (χ0) is 15.2. The van der Waals surface area contributed by atoms with Gasteiger partial charge in [-0.25, -0.2) is 0 Å². The molecular weight excluding hydrogens is 260 g/mol. The molecule has 1 fully saturated rings. The number of nitrogens with one attached hydrogen (secondary N) is 1. The highest BCUT2D eigenvalue weighted by Crippen LogP contribution is 2.43. The van der Waals surface area contributed by atoms with Crippen molar-refractivity contribution >= 4 is 17.8 Å². The fourth-order valence-corrected chi connectivity index (χ4v) is 2.75. The Morgan fingerprint density at radius 3 is 2.30 bits per heavy atom. The Morgan fingerprint density at radius 2 is 1.80 bits per heavy atom. The van der Waals surface area contributed by atoms with Crippen molar-refractivity contribution in [2.45, 2.75) is 45.4 Å². The van der Waals surface area contributed by atoms with Crippen molar-refractivity contribution in [3.8, 4) is 0 Å². The molecule has 1 aliphatic rings. The third kappa shape index (κ3) is 4.83. The summed E-state index contributed by atoms with van der Waals surface area (Å²) < 4.78 is 0. The van der Waals surface area contributed by atoms with E-state index in [1.807, 2.05) is 6.92 Å². The normalized spacial score (nSPS) is 16.7. The Kier molecular flexibility index (Phi) is 5.98. The van der Waals surface area contributed by atoms with Crippen molar-refractivity contribution in [3.63, 3.8) is 0 Å². The number of hydrogen-bond donors (Lipinski definition) is 2. The van der Waals surface area contributed by atoms with Gasteiger partial charge in [0.2, 0.25) is 11.8 Å². The Bertz CT molecular complexity index is 375. The number of carbonyl (C=O) groups excluding carboxylic acids is 2. The van der Waals surface area contributed by atoms with Crippen LogP contribution in [0.15, 0.2) is 0 Å². The van der Waals surface area contributed by atoms with Crippen molar-refractivity contribution in [1.29, 1.82) is 0 Å². The summed E-state index contributed by atoms with van der Waals surface area (Å²) in [7, 11) is 1.68. The summed E-state index contributed by atoms with van der Waals surface area (Å²) in [6.07, 6.45) is 3.72. The monoisotopic (exact) mass is 284 g/mol. The lowest BCUT2D eigenvalue weighted by Gasteiger charge is -2.26. The molecule has 0 aromatic rings. The van der Waals surface area contributed by atoms with Gasteiger partial charge < -0.3 is 15.3 Å². The molecule has 2 N–H and O–H groups in total. The van der Waals surface area contributed by atoms with Gasteiger partial charge in [-0.15, -0.1) is 0 Å². The Balaban J connectivity index is 2.47. The summed E-state index contributed by atoms with van der Waals surface area (Å²) in [5.74, 6) is -1.23. The van der Waals surface area contributed by atoms with Gasteiger partial charge in [0.15, 0.2) is 0 Å². The third-order valence-electron chi connectivity index (χ3n) is 4.06. The number of aliphatic carboxylic acids is 1. The molecule has 0 radical (unpaired) electrons. The number of carboxylic acids is 1. The molecule has 0 bridgehead atoms. The summed E-state index contributed by atoms with van der Waals surface area (Å²) in [4.78, 5) is 36.0. The van der Waals surface area contributed by atoms with Crippen LogP contribution in [0.2, 0.25) is 0 Å². The van der Waals surface area contributed by atoms with E-state index < -0.39 is 11.4 Å². The predicted octanol–water partition coefficient (Wildman–Crippen LogP) is 1.01. The lowest BCUT2D eigenvalue weighted by Crippen LogP contribution is -2.39. The van der Waals surface area contributed by atoms with E-state index in [-0.39, 0.29) is 31.2 Å². The highest BCUT2D eigenvalue weighted by atomic mass is 16.4. The fraction of sp³-hybridized carbons (Fsp3) is 0.786. The van der Waals surface area contributed by atoms with Crippen LogP contribution in [0.3, 0.4) is 0 Å². The molecule has 0 spiro atoms. The maximum Gasteiger partial charge on any atom is 0.303 e. The average Bonchev–Trinajstić information content (AvgIpc) is 2.82. The summed E-state index contributed by atoms with van der Waals surface area (Å²) in [6.45, 7) is 2.43. The molecule has 0 atom stereocenters. The lowest BCUT2D eigenvalue weighted by molar-refractivity contribution is -0.140. The van der Waals surface area contributed by atoms with Gasteiger partial charge >= 0.3 is 5.97 Å². The summed E-state index contributed by atoms with van der Waals surface area (Å²) in [6, 6.07) is 0. The zero-order valence-electron chi connectivity index (χ0n) is 12.3. The quantitative estimate of drug-likeness (QED) is 0.730. The van der Waals surface area contributed by atoms with Crippen LogP contribution in [0.5, 0.6) is 0 Å². The largest absolute Gasteiger partial charge is 0.481 e. The summed E-state index contributed by atoms with van der Waals surface area (Å²) in [5.41, 5.74) is -0.421. The van der Waals surface area contributed by atoms with Crippen molar-refractivity contribution in [2.75, 3.05) is 20.1 Å². The van der Waals surface area contributed by atoms with Gasteiger partial charge in [0.05, 0.1) is 13.0 Å². The molecule has 114 valence electrons. The fourth-order valence-electron chi connectivity index (χ4n) is 2.75. The number of amides is 2. The number of rotatable bonds is 7. The van der Waals surface area contributed by atoms with Crippen LogP contribution in [0.25, 0.3) is 0 Å². The van der Waals surface area contributed by atoms with Crippen LogP contribution >= 0.6 is 0 Å². The van der Waals surface area contributed by atoms with Crippen LogP contribution < -0.4 is 5.32 Å². The highest BCUT2D eigenvalue weighted by molar-refractivity contribution is 5.85. The van der Waals surface area contributed by atoms with E-state index in [4.69, 9.17) is 5.11 Å². The molecule has 0 heterocycles. The second kappa shape index (κ2) is 7.26. The second-order valence-corrected chi connectivity index (χ2v) is 5.64. The molecule has 20 heavy (non-hydrogen) atoms. The number of carbonyl (C=O) groups is 3. The minimum Gasteiger partial charge on any atom is -0.481 e. The van der Waals surface area contributed by atoms with E-state index in [2.05, 4.69) is 5.32 Å². The molecule has 0 aromatic heterocycles. The van der Waals surface area contributed by atoms with Crippen molar-refractivity contribution in [2.24, 2.45) is 5.41 Å². The molecule has 1 aliphatic carbocycles. The third-order valence-corrected chi connectivity index (χ3v) is 4.06. The number of likely N-dealkylation sites (N-methyl/N-ethyl adjacent to an activating group) is 1. The standard InChI is InChI=1S/C14H24N2O4/c1-3-16(2)12(18)10-15-11(17)8-14(9-13(19)20)6-4-5-7-14/h3-10H2,1-2H3,(H,15,17)(H,19,20). The van der Waals surface area contributed by atoms with Crippen LogP contribution in [0.1, 0.15) is 45.4 Å². The van der Waals surface area contributed by atoms with Crippen LogP contribution in [-0.4, -0.2) is 47.9 Å². The Labute approximate surface area is 119 Å². The second-order valence-electron chi connectivity index (χ2n) is 5.64. The lowest BCUT2D eigenvalue weighted by atomic mass is 9.79. The predicted molar refractivity (Wildman–Crippen MR) is 74.1 cm³/mol. The molecule has 6 nitrogen and oxygen atoms in total. The van der Waals surface area contributed by atoms with Crippen molar-refractivity contribution in [3.05, 3.63) is 0 Å². The van der Waals surface area contributed by atoms with E-state index in [9.17, 15) is 14.4 Å². The zero-order valence-corrected chi connectivity index (χ0v) is 12.3. The van der Waals surface area contributed by atoms with Gasteiger partial charge in [0.1, 0.15) is 0 Å². The molecule has 0 aliphatic heterocycles. The van der Waals surface area contributed by atoms with Gasteiger partial charge in [-0.3, -0.25) is 14.4 Å². The van der Waals surface area contributed by atoms with E-state index in [1.165, 1.54) is 4.90 Å². The van der Waals surface area contributed by atoms with Gasteiger partial charge in [-0.1, -0.05) is 12.8 Å². The SMILES string of the molecule is CCN(C)C(=O)CNC(=O)CC1(CC(=O)O)CCCC1. The van der Waals surface area contributed by atoms with Gasteiger partial charge in [-0.05, 0) is 25.2 Å². The maximum atomic E-state index is 11.9. The first-order chi connectivity index (χ1) is 9.38. The van der Waals surface area contributed by atoms with Crippen LogP contribution in [-0.2, 0) is 14.4 Å². The van der Waals surface area contributed by atoms with Gasteiger partial charge in [0.25, 0.3) is 0 Å². The van der Waals surface area contributed by atoms with E-state index in [1.54, 1.807) is 7.05 Å². The van der Waals surface area contributed by atoms with Gasteiger partial charge in [-0.2, -0.15) is 0 Å². The Morgan fingerprint density at radius 1 is 1.20 bits per heavy atom. The molecule has 6 heteroatoms. The van der Waals surface area contributed by atoms with Crippen molar-refractivity contribution < 1.29 is 19.5 Å². The van der Waals surface area contributed by atoms with E-state index in [0.717, 1.165) is 25.7 Å². The minimum atomic E-state index is -0.860. The highest BCUT2D eigenvalue weighted by Gasteiger charge is 2.37. The molecule has 2 amide bonds. The minimum absolute atomic E-state index is 0.0215. The summed E-state index contributed by atoms with van der Waals surface area (Å²) in [5, 5.41) is 11.6. The smallest absolute Gasteiger partial charge is 0.303 e. The summed E-state index contributed by atoms with van der Waals surface area (Å²) >= 11 is 0. The molecule has 0 saturated heterocycles. The molecule has 1 rings (SSSR count). The van der Waals surface area contributed by atoms with Gasteiger partial charge in [0, 0.05) is 20.0 Å². The number of carboxylic acid groups (broad SMARTS) is 1. The molecule has 1 saturated carbocycles.